The summed E-state index contributed by atoms with van der Waals surface area (Å²) in [5.74, 6) is -2.10. The van der Waals surface area contributed by atoms with Crippen molar-refractivity contribution in [1.29, 1.82) is 5.26 Å². The van der Waals surface area contributed by atoms with Crippen LogP contribution in [0, 0.1) is 17.2 Å². The zero-order valence-electron chi connectivity index (χ0n) is 13.3. The molecule has 1 amide bonds. The molecule has 1 fully saturated rings. The van der Waals surface area contributed by atoms with Crippen molar-refractivity contribution >= 4 is 28.7 Å². The largest absolute Gasteiger partial charge is 0.325 e. The maximum atomic E-state index is 12.6. The fraction of sp³-hybridized carbons (Fsp3) is 0.333. The number of ketones is 1. The monoisotopic (exact) mass is 339 g/mol. The second kappa shape index (κ2) is 6.93. The fourth-order valence-electron chi connectivity index (χ4n) is 2.49. The predicted octanol–water partition coefficient (Wildman–Crippen LogP) is 3.54. The Bertz CT molecular complexity index is 800. The molecule has 2 aromatic rings. The fourth-order valence-corrected chi connectivity index (χ4v) is 3.34. The molecule has 1 aliphatic rings. The van der Waals surface area contributed by atoms with Crippen LogP contribution in [0.2, 0.25) is 0 Å². The van der Waals surface area contributed by atoms with Gasteiger partial charge in [0.05, 0.1) is 22.2 Å². The number of hydrogen-bond acceptors (Lipinski definition) is 5. The Morgan fingerprint density at radius 1 is 1.38 bits per heavy atom. The van der Waals surface area contributed by atoms with E-state index in [0.29, 0.717) is 16.5 Å². The summed E-state index contributed by atoms with van der Waals surface area (Å²) in [5, 5.41) is 12.0. The zero-order chi connectivity index (χ0) is 17.1. The van der Waals surface area contributed by atoms with Gasteiger partial charge in [-0.1, -0.05) is 19.1 Å². The molecular weight excluding hydrogens is 322 g/mol. The molecule has 1 saturated carbocycles. The third-order valence-corrected chi connectivity index (χ3v) is 4.92. The maximum absolute atomic E-state index is 12.6. The maximum Gasteiger partial charge on any atom is 0.249 e. The van der Waals surface area contributed by atoms with Crippen molar-refractivity contribution in [3.8, 4) is 6.07 Å². The minimum Gasteiger partial charge on any atom is -0.325 e. The van der Waals surface area contributed by atoms with Crippen molar-refractivity contribution in [2.24, 2.45) is 5.92 Å². The van der Waals surface area contributed by atoms with E-state index in [1.165, 1.54) is 11.3 Å². The van der Waals surface area contributed by atoms with Crippen LogP contribution in [0.1, 0.15) is 46.6 Å². The van der Waals surface area contributed by atoms with Crippen molar-refractivity contribution in [3.05, 3.63) is 45.9 Å². The third kappa shape index (κ3) is 3.36. The molecule has 1 N–H and O–H groups in total. The Balaban J connectivity index is 1.74. The molecule has 5 nitrogen and oxygen atoms in total. The lowest BCUT2D eigenvalue weighted by Crippen LogP contribution is -2.28. The SMILES string of the molecule is CCc1ccc(NC(=O)C(C#N)C(=O)c2scnc2C2CC2)cc1. The second-order valence-corrected chi connectivity index (χ2v) is 6.66. The van der Waals surface area contributed by atoms with E-state index in [2.05, 4.69) is 10.3 Å². The first-order valence-corrected chi connectivity index (χ1v) is 8.79. The minimum atomic E-state index is -1.35. The van der Waals surface area contributed by atoms with Crippen LogP contribution in [-0.4, -0.2) is 16.7 Å². The number of hydrogen-bond donors (Lipinski definition) is 1. The molecule has 1 aromatic heterocycles. The van der Waals surface area contributed by atoms with E-state index in [1.807, 2.05) is 25.1 Å². The molecule has 3 rings (SSSR count). The van der Waals surface area contributed by atoms with Gasteiger partial charge in [0.15, 0.2) is 5.92 Å². The van der Waals surface area contributed by atoms with Crippen molar-refractivity contribution in [1.82, 2.24) is 4.98 Å². The molecule has 0 aliphatic heterocycles. The Kier molecular flexibility index (Phi) is 4.72. The van der Waals surface area contributed by atoms with Crippen molar-refractivity contribution in [3.63, 3.8) is 0 Å². The van der Waals surface area contributed by atoms with Gasteiger partial charge in [-0.15, -0.1) is 11.3 Å². The van der Waals surface area contributed by atoms with Crippen molar-refractivity contribution < 1.29 is 9.59 Å². The molecule has 1 aromatic carbocycles. The van der Waals surface area contributed by atoms with Crippen molar-refractivity contribution in [2.45, 2.75) is 32.1 Å². The topological polar surface area (TPSA) is 82.9 Å². The van der Waals surface area contributed by atoms with Crippen LogP contribution >= 0.6 is 11.3 Å². The number of anilines is 1. The number of rotatable bonds is 6. The number of aromatic nitrogens is 1. The van der Waals surface area contributed by atoms with Gasteiger partial charge in [-0.25, -0.2) is 4.98 Å². The average Bonchev–Trinajstić information content (AvgIpc) is 3.32. The van der Waals surface area contributed by atoms with Gasteiger partial charge in [0.25, 0.3) is 0 Å². The first-order valence-electron chi connectivity index (χ1n) is 7.91. The highest BCUT2D eigenvalue weighted by molar-refractivity contribution is 7.12. The molecule has 1 aliphatic carbocycles. The number of aryl methyl sites for hydroxylation is 1. The van der Waals surface area contributed by atoms with E-state index in [-0.39, 0.29) is 0 Å². The van der Waals surface area contributed by atoms with Gasteiger partial charge < -0.3 is 5.32 Å². The number of benzene rings is 1. The highest BCUT2D eigenvalue weighted by Crippen LogP contribution is 2.42. The molecule has 1 unspecified atom stereocenters. The van der Waals surface area contributed by atoms with Gasteiger partial charge >= 0.3 is 0 Å². The molecule has 1 atom stereocenters. The zero-order valence-corrected chi connectivity index (χ0v) is 14.1. The molecule has 122 valence electrons. The van der Waals surface area contributed by atoms with Crippen LogP contribution in [-0.2, 0) is 11.2 Å². The van der Waals surface area contributed by atoms with Crippen LogP contribution in [0.3, 0.4) is 0 Å². The summed E-state index contributed by atoms with van der Waals surface area (Å²) in [6, 6.07) is 9.21. The number of nitriles is 1. The summed E-state index contributed by atoms with van der Waals surface area (Å²) in [6.45, 7) is 2.05. The van der Waals surface area contributed by atoms with Crippen LogP contribution < -0.4 is 5.32 Å². The molecule has 0 radical (unpaired) electrons. The first kappa shape index (κ1) is 16.3. The number of amides is 1. The minimum absolute atomic E-state index is 0.305. The molecular formula is C18H17N3O2S. The molecule has 0 bridgehead atoms. The number of nitrogens with one attached hydrogen (secondary N) is 1. The van der Waals surface area contributed by atoms with E-state index >= 15 is 0 Å². The lowest BCUT2D eigenvalue weighted by molar-refractivity contribution is -0.117. The third-order valence-electron chi connectivity index (χ3n) is 4.07. The molecule has 1 heterocycles. The lowest BCUT2D eigenvalue weighted by atomic mass is 10.0. The van der Waals surface area contributed by atoms with E-state index in [4.69, 9.17) is 0 Å². The van der Waals surface area contributed by atoms with Gasteiger partial charge in [-0.05, 0) is 37.0 Å². The smallest absolute Gasteiger partial charge is 0.249 e. The van der Waals surface area contributed by atoms with E-state index in [0.717, 1.165) is 30.5 Å². The van der Waals surface area contributed by atoms with Crippen molar-refractivity contribution in [2.75, 3.05) is 5.32 Å². The number of nitrogens with zero attached hydrogens (tertiary/aromatic N) is 2. The Morgan fingerprint density at radius 3 is 2.67 bits per heavy atom. The number of Topliss-reactive ketones (excluding diaryl/α,β-unsaturated/α-hetero) is 1. The normalized spacial score (nSPS) is 14.7. The highest BCUT2D eigenvalue weighted by Gasteiger charge is 2.35. The van der Waals surface area contributed by atoms with Gasteiger partial charge in [-0.3, -0.25) is 9.59 Å². The van der Waals surface area contributed by atoms with Gasteiger partial charge in [0.2, 0.25) is 11.7 Å². The Labute approximate surface area is 144 Å². The Morgan fingerprint density at radius 2 is 2.08 bits per heavy atom. The summed E-state index contributed by atoms with van der Waals surface area (Å²) in [6.07, 6.45) is 2.93. The number of carbonyl (C=O) groups is 2. The summed E-state index contributed by atoms with van der Waals surface area (Å²) in [4.78, 5) is 29.7. The van der Waals surface area contributed by atoms with Crippen LogP contribution in [0.25, 0.3) is 0 Å². The van der Waals surface area contributed by atoms with Crippen LogP contribution in [0.15, 0.2) is 29.8 Å². The predicted molar refractivity (Wildman–Crippen MR) is 92.0 cm³/mol. The summed E-state index contributed by atoms with van der Waals surface area (Å²) in [7, 11) is 0. The quantitative estimate of drug-likeness (QED) is 0.644. The molecule has 0 saturated heterocycles. The summed E-state index contributed by atoms with van der Waals surface area (Å²) < 4.78 is 0. The summed E-state index contributed by atoms with van der Waals surface area (Å²) >= 11 is 1.21. The highest BCUT2D eigenvalue weighted by atomic mass is 32.1. The molecule has 0 spiro atoms. The Hall–Kier alpha value is -2.52. The number of carbonyl (C=O) groups excluding carboxylic acids is 2. The lowest BCUT2D eigenvalue weighted by Gasteiger charge is -2.10. The average molecular weight is 339 g/mol. The van der Waals surface area contributed by atoms with E-state index in [9.17, 15) is 14.9 Å². The molecule has 6 heteroatoms. The number of thiazole rings is 1. The first-order chi connectivity index (χ1) is 11.6. The van der Waals surface area contributed by atoms with E-state index < -0.39 is 17.6 Å². The van der Waals surface area contributed by atoms with E-state index in [1.54, 1.807) is 17.6 Å². The summed E-state index contributed by atoms with van der Waals surface area (Å²) in [5.41, 5.74) is 4.08. The van der Waals surface area contributed by atoms with Crippen LogP contribution in [0.4, 0.5) is 5.69 Å². The standard InChI is InChI=1S/C18H17N3O2S/c1-2-11-3-7-13(8-4-11)21-18(23)14(9-19)16(22)17-15(12-5-6-12)20-10-24-17/h3-4,7-8,10,12,14H,2,5-6H2,1H3,(H,21,23). The second-order valence-electron chi connectivity index (χ2n) is 5.81. The van der Waals surface area contributed by atoms with Crippen LogP contribution in [0.5, 0.6) is 0 Å². The van der Waals surface area contributed by atoms with Gasteiger partial charge in [0, 0.05) is 11.6 Å². The van der Waals surface area contributed by atoms with Gasteiger partial charge in [0.1, 0.15) is 0 Å². The van der Waals surface area contributed by atoms with Gasteiger partial charge in [-0.2, -0.15) is 5.26 Å². The molecule has 24 heavy (non-hydrogen) atoms.